The lowest BCUT2D eigenvalue weighted by molar-refractivity contribution is 0.471. The van der Waals surface area contributed by atoms with Gasteiger partial charge in [0.25, 0.3) is 11.1 Å². The molecule has 6 rings (SSSR count). The minimum atomic E-state index is -3.18. The smallest absolute Gasteiger partial charge is 0.254 e. The highest BCUT2D eigenvalue weighted by Gasteiger charge is 2.35. The zero-order valence-electron chi connectivity index (χ0n) is 25.1. The number of rotatable bonds is 4. The maximum Gasteiger partial charge on any atom is 0.254 e. The van der Waals surface area contributed by atoms with Gasteiger partial charge in [-0.3, -0.25) is 9.59 Å². The van der Waals surface area contributed by atoms with Crippen LogP contribution < -0.4 is 11.1 Å². The van der Waals surface area contributed by atoms with Crippen LogP contribution in [0, 0.1) is 5.92 Å². The van der Waals surface area contributed by atoms with Gasteiger partial charge in [0.2, 0.25) is 0 Å². The zero-order chi connectivity index (χ0) is 32.1. The molecule has 0 saturated heterocycles. The summed E-state index contributed by atoms with van der Waals surface area (Å²) in [6, 6.07) is 19.2. The van der Waals surface area contributed by atoms with Gasteiger partial charge in [0.15, 0.2) is 19.7 Å². The number of hydrogen-bond acceptors (Lipinski definition) is 8. The highest BCUT2D eigenvalue weighted by molar-refractivity contribution is 7.93. The Morgan fingerprint density at radius 3 is 1.61 bits per heavy atom. The van der Waals surface area contributed by atoms with E-state index in [1.807, 2.05) is 67.6 Å². The van der Waals surface area contributed by atoms with E-state index < -0.39 is 24.9 Å². The van der Waals surface area contributed by atoms with Crippen molar-refractivity contribution in [2.75, 3.05) is 12.5 Å². The quantitative estimate of drug-likeness (QED) is 0.343. The average Bonchev–Trinajstić information content (AvgIpc) is 2.94. The van der Waals surface area contributed by atoms with Gasteiger partial charge in [0, 0.05) is 40.2 Å². The first kappa shape index (κ1) is 32.7. The van der Waals surface area contributed by atoms with Crippen LogP contribution >= 0.6 is 0 Å². The van der Waals surface area contributed by atoms with E-state index in [-0.39, 0.29) is 23.5 Å². The number of aryl methyl sites for hydroxylation is 1. The van der Waals surface area contributed by atoms with Crippen LogP contribution in [0.4, 0.5) is 0 Å². The molecule has 4 aromatic rings. The minimum Gasteiger partial charge on any atom is -0.306 e. The summed E-state index contributed by atoms with van der Waals surface area (Å²) in [6.07, 6.45) is 6.44. The lowest BCUT2D eigenvalue weighted by Gasteiger charge is -2.28. The van der Waals surface area contributed by atoms with Crippen LogP contribution in [0.25, 0.3) is 22.8 Å². The molecule has 2 aromatic heterocycles. The van der Waals surface area contributed by atoms with Gasteiger partial charge in [-0.15, -0.1) is 0 Å². The third kappa shape index (κ3) is 8.26. The van der Waals surface area contributed by atoms with E-state index in [9.17, 15) is 26.4 Å². The molecule has 2 aliphatic carbocycles. The minimum absolute atomic E-state index is 0.0186. The topological polar surface area (TPSA) is 160 Å². The summed E-state index contributed by atoms with van der Waals surface area (Å²) in [5.74, 6) is 1.17. The van der Waals surface area contributed by atoms with Gasteiger partial charge in [-0.05, 0) is 38.5 Å². The van der Waals surface area contributed by atoms with E-state index in [4.69, 9.17) is 0 Å². The van der Waals surface area contributed by atoms with Gasteiger partial charge in [-0.1, -0.05) is 73.7 Å². The van der Waals surface area contributed by atoms with Crippen molar-refractivity contribution in [2.24, 2.45) is 5.92 Å². The van der Waals surface area contributed by atoms with Crippen LogP contribution in [-0.4, -0.2) is 54.5 Å². The molecule has 0 bridgehead atoms. The molecule has 0 fully saturated rings. The second-order valence-electron chi connectivity index (χ2n) is 11.0. The van der Waals surface area contributed by atoms with Gasteiger partial charge < -0.3 is 9.97 Å². The predicted molar refractivity (Wildman–Crippen MR) is 173 cm³/mol. The Bertz CT molecular complexity index is 1990. The van der Waals surface area contributed by atoms with Gasteiger partial charge in [-0.2, -0.15) is 0 Å². The largest absolute Gasteiger partial charge is 0.306 e. The van der Waals surface area contributed by atoms with E-state index in [1.54, 1.807) is 6.92 Å². The second-order valence-corrected chi connectivity index (χ2v) is 15.2. The van der Waals surface area contributed by atoms with Gasteiger partial charge in [0.05, 0.1) is 16.6 Å². The first-order valence-corrected chi connectivity index (χ1v) is 18.0. The molecule has 10 nitrogen and oxygen atoms in total. The summed E-state index contributed by atoms with van der Waals surface area (Å²) in [7, 11) is -6.03. The lowest BCUT2D eigenvalue weighted by Crippen LogP contribution is -2.38. The fourth-order valence-electron chi connectivity index (χ4n) is 5.12. The summed E-state index contributed by atoms with van der Waals surface area (Å²) in [4.78, 5) is 38.5. The van der Waals surface area contributed by atoms with Crippen LogP contribution in [0.15, 0.2) is 81.7 Å². The molecule has 2 aromatic carbocycles. The van der Waals surface area contributed by atoms with Crippen LogP contribution in [0.1, 0.15) is 36.4 Å². The Morgan fingerprint density at radius 1 is 0.727 bits per heavy atom. The number of nitrogens with zero attached hydrogens (tertiary/aromatic N) is 2. The number of H-pyrrole nitrogens is 2. The maximum absolute atomic E-state index is 12.3. The number of allylic oxidation sites excluding steroid dienone is 1. The molecule has 0 aliphatic heterocycles. The van der Waals surface area contributed by atoms with Crippen LogP contribution in [-0.2, 0) is 45.4 Å². The molecule has 2 atom stereocenters. The Hall–Kier alpha value is -4.16. The van der Waals surface area contributed by atoms with E-state index in [0.29, 0.717) is 23.6 Å². The number of nitrogens with one attached hydrogen (secondary N) is 2. The molecule has 0 amide bonds. The van der Waals surface area contributed by atoms with Crippen LogP contribution in [0.2, 0.25) is 0 Å². The van der Waals surface area contributed by atoms with E-state index in [0.717, 1.165) is 52.6 Å². The monoisotopic (exact) mass is 636 g/mol. The van der Waals surface area contributed by atoms with Crippen LogP contribution in [0.5, 0.6) is 0 Å². The molecule has 0 unspecified atom stereocenters. The third-order valence-corrected chi connectivity index (χ3v) is 9.89. The van der Waals surface area contributed by atoms with Crippen molar-refractivity contribution in [1.29, 1.82) is 0 Å². The fourth-order valence-corrected chi connectivity index (χ4v) is 7.03. The highest BCUT2D eigenvalue weighted by atomic mass is 32.2. The molecule has 2 heterocycles. The summed E-state index contributed by atoms with van der Waals surface area (Å²) >= 11 is 0. The van der Waals surface area contributed by atoms with Crippen molar-refractivity contribution in [2.45, 2.75) is 44.8 Å². The van der Waals surface area contributed by atoms with Crippen molar-refractivity contribution in [3.8, 4) is 22.8 Å². The SMILES string of the molecule is C/C=C/S(C)(=O)=O.C[C@H]1Cc2nc(-c3ccccc3)[nH]c(=O)c2C[C@@H]1S(C)(=O)=O.O=c1[nH]c(-c2ccccc2)nc2c1CC2. The van der Waals surface area contributed by atoms with Crippen molar-refractivity contribution in [3.05, 3.63) is 115 Å². The van der Waals surface area contributed by atoms with E-state index >= 15 is 0 Å². The van der Waals surface area contributed by atoms with E-state index in [1.165, 1.54) is 12.3 Å². The van der Waals surface area contributed by atoms with Crippen molar-refractivity contribution in [3.63, 3.8) is 0 Å². The number of benzene rings is 2. The highest BCUT2D eigenvalue weighted by Crippen LogP contribution is 2.28. The molecule has 0 spiro atoms. The molecular formula is C32H36N4O6S2. The van der Waals surface area contributed by atoms with Crippen LogP contribution in [0.3, 0.4) is 0 Å². The lowest BCUT2D eigenvalue weighted by atomic mass is 9.88. The fraction of sp³-hybridized carbons (Fsp3) is 0.312. The molecule has 12 heteroatoms. The first-order chi connectivity index (χ1) is 20.8. The first-order valence-electron chi connectivity index (χ1n) is 14.1. The summed E-state index contributed by atoms with van der Waals surface area (Å²) in [5, 5.41) is 0.651. The summed E-state index contributed by atoms with van der Waals surface area (Å²) in [5.41, 5.74) is 4.63. The average molecular weight is 637 g/mol. The predicted octanol–water partition coefficient (Wildman–Crippen LogP) is 3.68. The summed E-state index contributed by atoms with van der Waals surface area (Å²) < 4.78 is 44.0. The van der Waals surface area contributed by atoms with Gasteiger partial charge >= 0.3 is 0 Å². The normalized spacial score (nSPS) is 17.2. The zero-order valence-corrected chi connectivity index (χ0v) is 26.7. The molecule has 44 heavy (non-hydrogen) atoms. The van der Waals surface area contributed by atoms with E-state index in [2.05, 4.69) is 19.9 Å². The standard InChI is InChI=1S/C16H18N2O3S.C12H10N2O.C4H8O2S/c1-10-8-13-12(9-14(10)22(2,20)21)16(19)18-15(17-13)11-6-4-3-5-7-11;15-12-9-6-7-10(9)13-11(14-12)8-4-2-1-3-5-8;1-3-4-7(2,5)6/h3-7,10,14H,8-9H2,1-2H3,(H,17,18,19);1-5H,6-7H2,(H,13,14,15);3-4H,1-2H3/b;;4-3+/t10-,14-;;/m0../s1. The van der Waals surface area contributed by atoms with Gasteiger partial charge in [-0.25, -0.2) is 26.8 Å². The summed E-state index contributed by atoms with van der Waals surface area (Å²) in [6.45, 7) is 3.57. The number of aromatic nitrogens is 4. The molecule has 2 N–H and O–H groups in total. The number of aromatic amines is 2. The Balaban J connectivity index is 0.000000173. The maximum atomic E-state index is 12.3. The number of sulfone groups is 2. The Labute approximate surface area is 257 Å². The molecule has 232 valence electrons. The molecule has 0 radical (unpaired) electrons. The molecule has 0 saturated carbocycles. The Kier molecular flexibility index (Phi) is 10.2. The second kappa shape index (κ2) is 13.6. The third-order valence-electron chi connectivity index (χ3n) is 7.40. The molecular weight excluding hydrogens is 601 g/mol. The Morgan fingerprint density at radius 2 is 1.23 bits per heavy atom. The molecule has 2 aliphatic rings. The van der Waals surface area contributed by atoms with Crippen molar-refractivity contribution < 1.29 is 16.8 Å². The number of fused-ring (bicyclic) bond motifs is 2. The number of hydrogen-bond donors (Lipinski definition) is 2. The van der Waals surface area contributed by atoms with Crippen molar-refractivity contribution >= 4 is 19.7 Å². The van der Waals surface area contributed by atoms with Crippen molar-refractivity contribution in [1.82, 2.24) is 19.9 Å². The van der Waals surface area contributed by atoms with Gasteiger partial charge in [0.1, 0.15) is 11.6 Å².